The molecule has 0 radical (unpaired) electrons. The molecule has 2 bridgehead atoms. The van der Waals surface area contributed by atoms with Gasteiger partial charge >= 0.3 is 0 Å². The van der Waals surface area contributed by atoms with Gasteiger partial charge in [0.1, 0.15) is 6.10 Å². The Labute approximate surface area is 136 Å². The largest absolute Gasteiger partial charge is 0.382 e. The highest BCUT2D eigenvalue weighted by atomic mass is 28.4. The quantitative estimate of drug-likeness (QED) is 0.580. The van der Waals surface area contributed by atoms with Gasteiger partial charge in [-0.1, -0.05) is 27.7 Å². The molecule has 2 aliphatic heterocycles. The van der Waals surface area contributed by atoms with E-state index in [-0.39, 0.29) is 22.5 Å². The summed E-state index contributed by atoms with van der Waals surface area (Å²) in [5.41, 5.74) is -0.362. The van der Waals surface area contributed by atoms with Crippen molar-refractivity contribution in [3.05, 3.63) is 0 Å². The van der Waals surface area contributed by atoms with E-state index in [2.05, 4.69) is 40.8 Å². The normalized spacial score (nSPS) is 39.4. The van der Waals surface area contributed by atoms with Crippen LogP contribution in [-0.4, -0.2) is 38.2 Å². The maximum absolute atomic E-state index is 13.0. The summed E-state index contributed by atoms with van der Waals surface area (Å²) in [6.07, 6.45) is 0.902. The molecule has 2 saturated heterocycles. The molecule has 4 nitrogen and oxygen atoms in total. The molecule has 0 aromatic rings. The molecule has 4 atom stereocenters. The molecule has 0 aromatic carbocycles. The van der Waals surface area contributed by atoms with Crippen LogP contribution in [0.1, 0.15) is 54.4 Å². The zero-order chi connectivity index (χ0) is 17.0. The molecule has 0 unspecified atom stereocenters. The van der Waals surface area contributed by atoms with Gasteiger partial charge in [0.05, 0.1) is 5.60 Å². The number of Topliss-reactive ketones (excluding diaryl/α,β-unsaturated/α-hetero) is 1. The fraction of sp³-hybridized carbons (Fsp3) is 0.941. The maximum atomic E-state index is 13.0. The lowest BCUT2D eigenvalue weighted by Crippen LogP contribution is -2.64. The van der Waals surface area contributed by atoms with E-state index in [1.165, 1.54) is 0 Å². The molecule has 0 saturated carbocycles. The molecule has 0 N–H and O–H groups in total. The van der Waals surface area contributed by atoms with Crippen molar-refractivity contribution in [2.24, 2.45) is 5.92 Å². The third-order valence-electron chi connectivity index (χ3n) is 5.92. The molecule has 0 aliphatic carbocycles. The number of ether oxygens (including phenoxy) is 2. The molecule has 0 amide bonds. The van der Waals surface area contributed by atoms with Gasteiger partial charge in [-0.05, 0) is 44.3 Å². The summed E-state index contributed by atoms with van der Waals surface area (Å²) >= 11 is 0. The first-order valence-electron chi connectivity index (χ1n) is 8.43. The molecule has 2 fully saturated rings. The van der Waals surface area contributed by atoms with Crippen molar-refractivity contribution in [1.82, 2.24) is 0 Å². The Balaban J connectivity index is 2.39. The van der Waals surface area contributed by atoms with Crippen molar-refractivity contribution in [2.75, 3.05) is 6.61 Å². The van der Waals surface area contributed by atoms with Gasteiger partial charge in [-0.2, -0.15) is 0 Å². The van der Waals surface area contributed by atoms with Crippen LogP contribution in [0.4, 0.5) is 0 Å². The van der Waals surface area contributed by atoms with Crippen LogP contribution in [0, 0.1) is 5.92 Å². The average Bonchev–Trinajstić information content (AvgIpc) is 2.59. The lowest BCUT2D eigenvalue weighted by atomic mass is 9.87. The van der Waals surface area contributed by atoms with Gasteiger partial charge in [0.2, 0.25) is 5.79 Å². The van der Waals surface area contributed by atoms with Crippen molar-refractivity contribution >= 4 is 14.1 Å². The third-order valence-corrected chi connectivity index (χ3v) is 10.3. The van der Waals surface area contributed by atoms with Crippen LogP contribution in [0.2, 0.25) is 18.1 Å². The number of carbonyl (C=O) groups excluding carboxylic acids is 1. The average molecular weight is 329 g/mol. The van der Waals surface area contributed by atoms with Gasteiger partial charge in [0.25, 0.3) is 0 Å². The minimum Gasteiger partial charge on any atom is -0.382 e. The third kappa shape index (κ3) is 2.70. The minimum absolute atomic E-state index is 0.0162. The SMILES string of the molecule is CCO[C@]1(O[Si](C)(C)C(C)(C)C)C(=O)C[C@]2(C)O[C@H]1C[C@H]2C. The Morgan fingerprint density at radius 3 is 2.45 bits per heavy atom. The van der Waals surface area contributed by atoms with Crippen LogP contribution in [-0.2, 0) is 18.7 Å². The lowest BCUT2D eigenvalue weighted by molar-refractivity contribution is -0.265. The van der Waals surface area contributed by atoms with Crippen molar-refractivity contribution in [3.8, 4) is 0 Å². The number of ketones is 1. The Bertz CT molecular complexity index is 456. The zero-order valence-electron chi connectivity index (χ0n) is 15.4. The number of hydrogen-bond acceptors (Lipinski definition) is 4. The molecule has 2 heterocycles. The molecular weight excluding hydrogens is 296 g/mol. The molecule has 128 valence electrons. The fourth-order valence-corrected chi connectivity index (χ4v) is 4.57. The second-order valence-electron chi connectivity index (χ2n) is 8.62. The Morgan fingerprint density at radius 1 is 1.36 bits per heavy atom. The summed E-state index contributed by atoms with van der Waals surface area (Å²) < 4.78 is 18.8. The first kappa shape index (κ1) is 18.1. The van der Waals surface area contributed by atoms with Gasteiger partial charge in [0, 0.05) is 13.0 Å². The highest BCUT2D eigenvalue weighted by Crippen LogP contribution is 2.51. The summed E-state index contributed by atoms with van der Waals surface area (Å²) in [7, 11) is -2.16. The van der Waals surface area contributed by atoms with Crippen LogP contribution in [0.15, 0.2) is 0 Å². The van der Waals surface area contributed by atoms with Crippen molar-refractivity contribution in [1.29, 1.82) is 0 Å². The highest BCUT2D eigenvalue weighted by Gasteiger charge is 2.64. The van der Waals surface area contributed by atoms with E-state index in [1.807, 2.05) is 13.8 Å². The summed E-state index contributed by atoms with van der Waals surface area (Å²) in [6, 6.07) is 0. The monoisotopic (exact) mass is 328 g/mol. The van der Waals surface area contributed by atoms with Crippen molar-refractivity contribution in [3.63, 3.8) is 0 Å². The van der Waals surface area contributed by atoms with Crippen LogP contribution in [0.3, 0.4) is 0 Å². The smallest absolute Gasteiger partial charge is 0.247 e. The van der Waals surface area contributed by atoms with Crippen molar-refractivity contribution in [2.45, 2.75) is 90.0 Å². The van der Waals surface area contributed by atoms with Crippen LogP contribution < -0.4 is 0 Å². The summed E-state index contributed by atoms with van der Waals surface area (Å²) in [5, 5.41) is 0.0162. The molecule has 0 aromatic heterocycles. The van der Waals surface area contributed by atoms with E-state index in [4.69, 9.17) is 13.9 Å². The van der Waals surface area contributed by atoms with Gasteiger partial charge in [-0.15, -0.1) is 0 Å². The molecule has 5 heteroatoms. The number of carbonyl (C=O) groups is 1. The van der Waals surface area contributed by atoms with E-state index in [0.29, 0.717) is 18.9 Å². The van der Waals surface area contributed by atoms with Crippen LogP contribution >= 0.6 is 0 Å². The standard InChI is InChI=1S/C17H32O4Si/c1-9-19-17(21-22(7,8)15(3,4)5)13(18)11-16(6)12(2)10-14(17)20-16/h12,14H,9-11H2,1-8H3/t12-,14+,16+,17+/m1/s1. The van der Waals surface area contributed by atoms with E-state index in [9.17, 15) is 4.79 Å². The number of hydrogen-bond donors (Lipinski definition) is 0. The molecule has 2 rings (SSSR count). The lowest BCUT2D eigenvalue weighted by Gasteiger charge is -2.49. The molecule has 0 spiro atoms. The van der Waals surface area contributed by atoms with Gasteiger partial charge in [0.15, 0.2) is 14.1 Å². The van der Waals surface area contributed by atoms with E-state index in [1.54, 1.807) is 0 Å². The second kappa shape index (κ2) is 5.40. The Hall–Kier alpha value is -0.233. The minimum atomic E-state index is -2.16. The number of fused-ring (bicyclic) bond motifs is 2. The van der Waals surface area contributed by atoms with E-state index < -0.39 is 14.1 Å². The van der Waals surface area contributed by atoms with Gasteiger partial charge < -0.3 is 13.9 Å². The first-order chi connectivity index (χ1) is 9.88. The predicted molar refractivity (Wildman–Crippen MR) is 89.3 cm³/mol. The maximum Gasteiger partial charge on any atom is 0.247 e. The summed E-state index contributed by atoms with van der Waals surface area (Å²) in [5.74, 6) is -0.809. The zero-order valence-corrected chi connectivity index (χ0v) is 16.4. The van der Waals surface area contributed by atoms with Gasteiger partial charge in [-0.3, -0.25) is 4.79 Å². The highest BCUT2D eigenvalue weighted by molar-refractivity contribution is 6.74. The topological polar surface area (TPSA) is 44.8 Å². The first-order valence-corrected chi connectivity index (χ1v) is 11.3. The van der Waals surface area contributed by atoms with E-state index in [0.717, 1.165) is 6.42 Å². The van der Waals surface area contributed by atoms with Gasteiger partial charge in [-0.25, -0.2) is 0 Å². The van der Waals surface area contributed by atoms with Crippen LogP contribution in [0.25, 0.3) is 0 Å². The second-order valence-corrected chi connectivity index (χ2v) is 13.3. The van der Waals surface area contributed by atoms with Crippen LogP contribution in [0.5, 0.6) is 0 Å². The summed E-state index contributed by atoms with van der Waals surface area (Å²) in [6.45, 7) is 17.4. The van der Waals surface area contributed by atoms with Crippen molar-refractivity contribution < 1.29 is 18.7 Å². The summed E-state index contributed by atoms with van der Waals surface area (Å²) in [4.78, 5) is 13.0. The number of rotatable bonds is 4. The molecule has 22 heavy (non-hydrogen) atoms. The fourth-order valence-electron chi connectivity index (χ4n) is 3.20. The Kier molecular flexibility index (Phi) is 4.44. The molecular formula is C17H32O4Si. The predicted octanol–water partition coefficient (Wildman–Crippen LogP) is 3.90. The van der Waals surface area contributed by atoms with E-state index >= 15 is 0 Å². The Morgan fingerprint density at radius 2 is 1.95 bits per heavy atom. The molecule has 2 aliphatic rings.